The van der Waals surface area contributed by atoms with Crippen molar-refractivity contribution in [2.75, 3.05) is 5.84 Å². The van der Waals surface area contributed by atoms with Crippen molar-refractivity contribution in [2.45, 2.75) is 12.3 Å². The molecule has 0 aliphatic rings. The van der Waals surface area contributed by atoms with Gasteiger partial charge in [-0.05, 0) is 35.4 Å². The van der Waals surface area contributed by atoms with E-state index in [1.807, 2.05) is 0 Å². The van der Waals surface area contributed by atoms with E-state index < -0.39 is 12.3 Å². The fourth-order valence-corrected chi connectivity index (χ4v) is 3.00. The number of fused-ring (bicyclic) bond motifs is 2. The number of nitrogens with one attached hydrogen (secondary N) is 2. The number of H-pyrrole nitrogens is 2. The molecular weight excluding hydrogens is 346 g/mol. The van der Waals surface area contributed by atoms with Crippen LogP contribution in [0.4, 0.5) is 0 Å². The van der Waals surface area contributed by atoms with Gasteiger partial charge in [0, 0.05) is 0 Å². The van der Waals surface area contributed by atoms with Crippen molar-refractivity contribution in [1.29, 1.82) is 0 Å². The lowest BCUT2D eigenvalue weighted by Gasteiger charge is -2.03. The van der Waals surface area contributed by atoms with E-state index in [1.165, 1.54) is 4.68 Å². The molecule has 27 heavy (non-hydrogen) atoms. The highest BCUT2D eigenvalue weighted by atomic mass is 16.1. The van der Waals surface area contributed by atoms with Crippen LogP contribution in [-0.4, -0.2) is 20.7 Å². The van der Waals surface area contributed by atoms with Gasteiger partial charge in [-0.15, -0.1) is 4.68 Å². The Morgan fingerprint density at radius 3 is 2.22 bits per heavy atom. The van der Waals surface area contributed by atoms with Crippen LogP contribution in [-0.2, 0) is 0 Å². The zero-order valence-electron chi connectivity index (χ0n) is 14.3. The average molecular weight is 366 g/mol. The summed E-state index contributed by atoms with van der Waals surface area (Å²) in [6, 6.07) is 10.6. The molecule has 4 aromatic rings. The predicted molar refractivity (Wildman–Crippen MR) is 100 cm³/mol. The number of aromatic amines is 2. The SMILES string of the molecule is NC(N)c1ccc2nc(C(=O)c3[nH]c4cc(C(N)N)ccc4[n+]3N)[nH]c2c1. The third-order valence-electron chi connectivity index (χ3n) is 4.48. The van der Waals surface area contributed by atoms with E-state index in [9.17, 15) is 4.79 Å². The van der Waals surface area contributed by atoms with Crippen LogP contribution < -0.4 is 33.5 Å². The van der Waals surface area contributed by atoms with Gasteiger partial charge >= 0.3 is 11.6 Å². The smallest absolute Gasteiger partial charge is 0.335 e. The molecular formula is C17H20N9O+. The largest absolute Gasteiger partial charge is 0.356 e. The molecule has 4 rings (SSSR count). The summed E-state index contributed by atoms with van der Waals surface area (Å²) in [5.74, 6) is 6.02. The van der Waals surface area contributed by atoms with Crippen LogP contribution >= 0.6 is 0 Å². The van der Waals surface area contributed by atoms with Gasteiger partial charge in [-0.2, -0.15) is 0 Å². The number of nitrogens with two attached hydrogens (primary N) is 5. The number of ketones is 1. The average Bonchev–Trinajstić information content (AvgIpc) is 3.21. The minimum absolute atomic E-state index is 0.147. The highest BCUT2D eigenvalue weighted by Gasteiger charge is 2.28. The fourth-order valence-electron chi connectivity index (χ4n) is 3.00. The third kappa shape index (κ3) is 2.82. The van der Waals surface area contributed by atoms with E-state index in [0.29, 0.717) is 22.1 Å². The van der Waals surface area contributed by atoms with E-state index in [4.69, 9.17) is 28.8 Å². The monoisotopic (exact) mass is 366 g/mol. The summed E-state index contributed by atoms with van der Waals surface area (Å²) in [5.41, 5.74) is 26.8. The van der Waals surface area contributed by atoms with Crippen LogP contribution in [0.3, 0.4) is 0 Å². The maximum atomic E-state index is 12.9. The first-order chi connectivity index (χ1) is 12.8. The zero-order valence-corrected chi connectivity index (χ0v) is 14.3. The minimum atomic E-state index is -0.624. The number of nitrogen functional groups attached to an aromatic ring is 1. The number of imidazole rings is 2. The van der Waals surface area contributed by atoms with Crippen LogP contribution in [0.5, 0.6) is 0 Å². The van der Waals surface area contributed by atoms with E-state index in [0.717, 1.165) is 11.1 Å². The maximum Gasteiger partial charge on any atom is 0.356 e. The number of hydrogen-bond donors (Lipinski definition) is 7. The summed E-state index contributed by atoms with van der Waals surface area (Å²) in [5, 5.41) is 0. The van der Waals surface area contributed by atoms with Crippen molar-refractivity contribution in [2.24, 2.45) is 22.9 Å². The molecule has 0 bridgehead atoms. The molecule has 10 nitrogen and oxygen atoms in total. The number of benzene rings is 2. The van der Waals surface area contributed by atoms with Gasteiger partial charge in [-0.1, -0.05) is 12.1 Å². The number of carbonyl (C=O) groups excluding carboxylic acids is 1. The second-order valence-corrected chi connectivity index (χ2v) is 6.36. The van der Waals surface area contributed by atoms with E-state index in [1.54, 1.807) is 36.4 Å². The third-order valence-corrected chi connectivity index (χ3v) is 4.48. The Morgan fingerprint density at radius 1 is 0.926 bits per heavy atom. The first kappa shape index (κ1) is 17.1. The lowest BCUT2D eigenvalue weighted by Crippen LogP contribution is -2.48. The van der Waals surface area contributed by atoms with Crippen LogP contribution in [0.2, 0.25) is 0 Å². The predicted octanol–water partition coefficient (Wildman–Crippen LogP) is -0.891. The van der Waals surface area contributed by atoms with Crippen molar-refractivity contribution in [3.63, 3.8) is 0 Å². The Hall–Kier alpha value is -3.31. The molecule has 0 spiro atoms. The first-order valence-electron chi connectivity index (χ1n) is 8.24. The Balaban J connectivity index is 1.78. The molecule has 0 atom stereocenters. The van der Waals surface area contributed by atoms with Gasteiger partial charge in [0.25, 0.3) is 0 Å². The zero-order chi connectivity index (χ0) is 19.3. The first-order valence-corrected chi connectivity index (χ1v) is 8.24. The van der Waals surface area contributed by atoms with Crippen LogP contribution in [0, 0.1) is 0 Å². The summed E-state index contributed by atoms with van der Waals surface area (Å²) in [7, 11) is 0. The second kappa shape index (κ2) is 6.14. The number of carbonyl (C=O) groups is 1. The van der Waals surface area contributed by atoms with Gasteiger partial charge in [0.1, 0.15) is 0 Å². The normalized spacial score (nSPS) is 11.9. The Labute approximate surface area is 153 Å². The molecule has 2 aromatic carbocycles. The second-order valence-electron chi connectivity index (χ2n) is 6.36. The molecule has 0 saturated carbocycles. The van der Waals surface area contributed by atoms with Crippen molar-refractivity contribution in [3.8, 4) is 0 Å². The molecule has 138 valence electrons. The van der Waals surface area contributed by atoms with Gasteiger partial charge in [0.05, 0.1) is 23.4 Å². The van der Waals surface area contributed by atoms with E-state index in [2.05, 4.69) is 15.0 Å². The highest BCUT2D eigenvalue weighted by molar-refractivity contribution is 6.05. The number of rotatable bonds is 4. The van der Waals surface area contributed by atoms with Gasteiger partial charge in [-0.25, -0.2) is 9.97 Å². The fraction of sp³-hybridized carbons (Fsp3) is 0.118. The van der Waals surface area contributed by atoms with Crippen molar-refractivity contribution >= 4 is 27.9 Å². The topological polar surface area (TPSA) is 196 Å². The molecule has 0 amide bonds. The van der Waals surface area contributed by atoms with Crippen LogP contribution in [0.15, 0.2) is 36.4 Å². The standard InChI is InChI=1S/C17H19N9O/c18-14(19)7-1-3-9-10(5-7)24-16(23-9)13(27)17-25-11-6-8(15(20)21)2-4-12(11)26(17)22/h1-6,14-15H,18-22H2,(H,23,24,27)/p+1. The Bertz CT molecular complexity index is 1170. The lowest BCUT2D eigenvalue weighted by atomic mass is 10.1. The molecule has 0 saturated heterocycles. The minimum Gasteiger partial charge on any atom is -0.335 e. The van der Waals surface area contributed by atoms with Crippen molar-refractivity contribution < 1.29 is 9.47 Å². The summed E-state index contributed by atoms with van der Waals surface area (Å²) >= 11 is 0. The van der Waals surface area contributed by atoms with Gasteiger partial charge in [-0.3, -0.25) is 10.6 Å². The van der Waals surface area contributed by atoms with Crippen LogP contribution in [0.25, 0.3) is 22.1 Å². The van der Waals surface area contributed by atoms with Crippen molar-refractivity contribution in [3.05, 3.63) is 59.2 Å². The Morgan fingerprint density at radius 2 is 1.56 bits per heavy atom. The molecule has 10 heteroatoms. The molecule has 0 aliphatic heterocycles. The quantitative estimate of drug-likeness (QED) is 0.105. The molecule has 0 aliphatic carbocycles. The molecule has 0 fully saturated rings. The van der Waals surface area contributed by atoms with E-state index in [-0.39, 0.29) is 17.4 Å². The van der Waals surface area contributed by atoms with Gasteiger partial charge in [0.2, 0.25) is 0 Å². The maximum absolute atomic E-state index is 12.9. The lowest BCUT2D eigenvalue weighted by molar-refractivity contribution is -0.613. The summed E-state index contributed by atoms with van der Waals surface area (Å²) < 4.78 is 1.28. The van der Waals surface area contributed by atoms with Crippen molar-refractivity contribution in [1.82, 2.24) is 15.0 Å². The summed E-state index contributed by atoms with van der Waals surface area (Å²) in [6.07, 6.45) is -1.23. The Kier molecular flexibility index (Phi) is 3.89. The number of nitrogens with zero attached hydrogens (tertiary/aromatic N) is 2. The van der Waals surface area contributed by atoms with E-state index >= 15 is 0 Å². The number of hydrogen-bond acceptors (Lipinski definition) is 7. The molecule has 2 aromatic heterocycles. The van der Waals surface area contributed by atoms with Gasteiger partial charge in [0.15, 0.2) is 16.9 Å². The molecule has 2 heterocycles. The highest BCUT2D eigenvalue weighted by Crippen LogP contribution is 2.18. The molecule has 0 radical (unpaired) electrons. The summed E-state index contributed by atoms with van der Waals surface area (Å²) in [6.45, 7) is 0. The number of aromatic nitrogens is 4. The molecule has 12 N–H and O–H groups in total. The van der Waals surface area contributed by atoms with Gasteiger partial charge < -0.3 is 27.9 Å². The summed E-state index contributed by atoms with van der Waals surface area (Å²) in [4.78, 5) is 23.2. The van der Waals surface area contributed by atoms with Crippen LogP contribution in [0.1, 0.15) is 39.9 Å². The molecule has 0 unspecified atom stereocenters.